The molecule has 2 aromatic carbocycles. The van der Waals surface area contributed by atoms with E-state index in [0.717, 1.165) is 11.3 Å². The van der Waals surface area contributed by atoms with Gasteiger partial charge in [-0.3, -0.25) is 14.6 Å². The second kappa shape index (κ2) is 8.52. The minimum atomic E-state index is -0.574. The Bertz CT molecular complexity index is 1090. The molecule has 148 valence electrons. The quantitative estimate of drug-likeness (QED) is 0.628. The van der Waals surface area contributed by atoms with Gasteiger partial charge in [-0.2, -0.15) is 0 Å². The van der Waals surface area contributed by atoms with Crippen LogP contribution in [0.3, 0.4) is 0 Å². The number of nitrogens with one attached hydrogen (secondary N) is 1. The van der Waals surface area contributed by atoms with Crippen molar-refractivity contribution < 1.29 is 19.1 Å². The maximum absolute atomic E-state index is 12.7. The fraction of sp³-hybridized carbons (Fsp3) is 0.182. The summed E-state index contributed by atoms with van der Waals surface area (Å²) in [5.41, 5.74) is 8.68. The summed E-state index contributed by atoms with van der Waals surface area (Å²) in [6.07, 6.45) is 0.679. The Kier molecular flexibility index (Phi) is 5.87. The lowest BCUT2D eigenvalue weighted by Crippen LogP contribution is -2.22. The maximum Gasteiger partial charge on any atom is 0.339 e. The van der Waals surface area contributed by atoms with Crippen molar-refractivity contribution in [2.24, 2.45) is 5.73 Å². The third-order valence-electron chi connectivity index (χ3n) is 4.56. The van der Waals surface area contributed by atoms with E-state index >= 15 is 0 Å². The molecule has 0 spiro atoms. The first kappa shape index (κ1) is 20.0. The van der Waals surface area contributed by atoms with Crippen LogP contribution in [-0.2, 0) is 16.0 Å². The van der Waals surface area contributed by atoms with E-state index in [1.807, 2.05) is 38.1 Å². The Balaban J connectivity index is 1.73. The van der Waals surface area contributed by atoms with E-state index in [1.54, 1.807) is 12.1 Å². The summed E-state index contributed by atoms with van der Waals surface area (Å²) in [7, 11) is 0. The topological polar surface area (TPSA) is 111 Å². The highest BCUT2D eigenvalue weighted by molar-refractivity contribution is 6.06. The van der Waals surface area contributed by atoms with Gasteiger partial charge in [0.1, 0.15) is 0 Å². The van der Waals surface area contributed by atoms with Crippen LogP contribution in [0.15, 0.2) is 48.5 Å². The van der Waals surface area contributed by atoms with E-state index in [1.165, 1.54) is 12.1 Å². The Labute approximate surface area is 167 Å². The number of hydrogen-bond acceptors (Lipinski definition) is 5. The van der Waals surface area contributed by atoms with Crippen molar-refractivity contribution in [1.29, 1.82) is 0 Å². The zero-order valence-corrected chi connectivity index (χ0v) is 16.2. The van der Waals surface area contributed by atoms with Gasteiger partial charge in [-0.1, -0.05) is 25.1 Å². The standard InChI is InChI=1S/C22H21N3O4/c1-3-17-13(2)20(16-6-4-5-7-18(16)25-17)22(28)29-12-19(26)24-15-10-8-14(9-11-15)21(23)27/h4-11H,3,12H2,1-2H3,(H2,23,27)(H,24,26). The van der Waals surface area contributed by atoms with Crippen molar-refractivity contribution >= 4 is 34.4 Å². The minimum absolute atomic E-state index is 0.334. The Morgan fingerprint density at radius 2 is 1.76 bits per heavy atom. The van der Waals surface area contributed by atoms with Crippen molar-refractivity contribution in [3.05, 3.63) is 70.9 Å². The van der Waals surface area contributed by atoms with Gasteiger partial charge in [0.15, 0.2) is 6.61 Å². The van der Waals surface area contributed by atoms with E-state index in [9.17, 15) is 14.4 Å². The number of primary amides is 1. The summed E-state index contributed by atoms with van der Waals surface area (Å²) in [6, 6.07) is 13.4. The number of anilines is 1. The largest absolute Gasteiger partial charge is 0.452 e. The van der Waals surface area contributed by atoms with Crippen LogP contribution in [0.25, 0.3) is 10.9 Å². The molecule has 7 heteroatoms. The summed E-state index contributed by atoms with van der Waals surface area (Å²) in [5, 5.41) is 3.30. The first-order valence-electron chi connectivity index (χ1n) is 9.15. The Morgan fingerprint density at radius 3 is 2.41 bits per heavy atom. The number of para-hydroxylation sites is 1. The molecular formula is C22H21N3O4. The van der Waals surface area contributed by atoms with Crippen LogP contribution in [0, 0.1) is 6.92 Å². The van der Waals surface area contributed by atoms with E-state index < -0.39 is 24.4 Å². The molecular weight excluding hydrogens is 370 g/mol. The van der Waals surface area contributed by atoms with E-state index in [0.29, 0.717) is 34.1 Å². The number of carbonyl (C=O) groups is 3. The molecule has 1 aromatic heterocycles. The number of esters is 1. The number of amides is 2. The average molecular weight is 391 g/mol. The average Bonchev–Trinajstić information content (AvgIpc) is 2.72. The van der Waals surface area contributed by atoms with Gasteiger partial charge >= 0.3 is 5.97 Å². The molecule has 3 rings (SSSR count). The molecule has 0 aliphatic carbocycles. The summed E-state index contributed by atoms with van der Waals surface area (Å²) in [5.74, 6) is -1.62. The third kappa shape index (κ3) is 4.40. The molecule has 0 unspecified atom stereocenters. The molecule has 2 amide bonds. The van der Waals surface area contributed by atoms with Gasteiger partial charge < -0.3 is 15.8 Å². The SMILES string of the molecule is CCc1nc2ccccc2c(C(=O)OCC(=O)Nc2ccc(C(N)=O)cc2)c1C. The van der Waals surface area contributed by atoms with Crippen molar-refractivity contribution in [1.82, 2.24) is 4.98 Å². The summed E-state index contributed by atoms with van der Waals surface area (Å²) in [6.45, 7) is 3.36. The summed E-state index contributed by atoms with van der Waals surface area (Å²) < 4.78 is 5.26. The molecule has 3 aromatic rings. The zero-order chi connectivity index (χ0) is 21.0. The highest BCUT2D eigenvalue weighted by Crippen LogP contribution is 2.24. The van der Waals surface area contributed by atoms with Gasteiger partial charge in [-0.15, -0.1) is 0 Å². The lowest BCUT2D eigenvalue weighted by atomic mass is 10.0. The number of carbonyl (C=O) groups excluding carboxylic acids is 3. The minimum Gasteiger partial charge on any atom is -0.452 e. The van der Waals surface area contributed by atoms with Crippen LogP contribution in [0.5, 0.6) is 0 Å². The number of aryl methyl sites for hydroxylation is 1. The van der Waals surface area contributed by atoms with Crippen molar-refractivity contribution in [3.8, 4) is 0 Å². The van der Waals surface area contributed by atoms with Gasteiger partial charge in [0.2, 0.25) is 5.91 Å². The number of nitrogens with zero attached hydrogens (tertiary/aromatic N) is 1. The van der Waals surface area contributed by atoms with Crippen LogP contribution >= 0.6 is 0 Å². The van der Waals surface area contributed by atoms with Crippen LogP contribution < -0.4 is 11.1 Å². The molecule has 0 aliphatic heterocycles. The number of pyridine rings is 1. The van der Waals surface area contributed by atoms with E-state index in [-0.39, 0.29) is 0 Å². The highest BCUT2D eigenvalue weighted by Gasteiger charge is 2.19. The predicted octanol–water partition coefficient (Wildman–Crippen LogP) is 3.00. The normalized spacial score (nSPS) is 10.6. The molecule has 29 heavy (non-hydrogen) atoms. The maximum atomic E-state index is 12.7. The molecule has 0 aliphatic rings. The number of benzene rings is 2. The third-order valence-corrected chi connectivity index (χ3v) is 4.56. The fourth-order valence-corrected chi connectivity index (χ4v) is 3.08. The van der Waals surface area contributed by atoms with E-state index in [2.05, 4.69) is 10.3 Å². The number of aromatic nitrogens is 1. The second-order valence-electron chi connectivity index (χ2n) is 6.50. The predicted molar refractivity (Wildman–Crippen MR) is 110 cm³/mol. The van der Waals surface area contributed by atoms with Crippen molar-refractivity contribution in [2.75, 3.05) is 11.9 Å². The number of ether oxygens (including phenoxy) is 1. The van der Waals surface area contributed by atoms with Gasteiger partial charge in [0.05, 0.1) is 11.1 Å². The molecule has 0 fully saturated rings. The molecule has 0 atom stereocenters. The van der Waals surface area contributed by atoms with Gasteiger partial charge in [0.25, 0.3) is 5.91 Å². The molecule has 0 saturated carbocycles. The number of hydrogen-bond donors (Lipinski definition) is 2. The first-order valence-corrected chi connectivity index (χ1v) is 9.15. The number of rotatable bonds is 6. The molecule has 0 bridgehead atoms. The highest BCUT2D eigenvalue weighted by atomic mass is 16.5. The van der Waals surface area contributed by atoms with E-state index in [4.69, 9.17) is 10.5 Å². The molecule has 0 saturated heterocycles. The van der Waals surface area contributed by atoms with Gasteiger partial charge in [-0.25, -0.2) is 4.79 Å². The lowest BCUT2D eigenvalue weighted by molar-refractivity contribution is -0.119. The zero-order valence-electron chi connectivity index (χ0n) is 16.2. The molecule has 3 N–H and O–H groups in total. The van der Waals surface area contributed by atoms with Gasteiger partial charge in [0, 0.05) is 22.3 Å². The number of nitrogens with two attached hydrogens (primary N) is 1. The van der Waals surface area contributed by atoms with Crippen molar-refractivity contribution in [2.45, 2.75) is 20.3 Å². The number of fused-ring (bicyclic) bond motifs is 1. The molecule has 0 radical (unpaired) electrons. The monoisotopic (exact) mass is 391 g/mol. The Morgan fingerprint density at radius 1 is 1.07 bits per heavy atom. The lowest BCUT2D eigenvalue weighted by Gasteiger charge is -2.13. The second-order valence-corrected chi connectivity index (χ2v) is 6.50. The van der Waals surface area contributed by atoms with Crippen LogP contribution in [-0.4, -0.2) is 29.4 Å². The summed E-state index contributed by atoms with van der Waals surface area (Å²) >= 11 is 0. The van der Waals surface area contributed by atoms with Crippen LogP contribution in [0.4, 0.5) is 5.69 Å². The smallest absolute Gasteiger partial charge is 0.339 e. The van der Waals surface area contributed by atoms with Crippen LogP contribution in [0.1, 0.15) is 38.9 Å². The van der Waals surface area contributed by atoms with Gasteiger partial charge in [-0.05, 0) is 49.2 Å². The van der Waals surface area contributed by atoms with Crippen LogP contribution in [0.2, 0.25) is 0 Å². The van der Waals surface area contributed by atoms with Crippen molar-refractivity contribution in [3.63, 3.8) is 0 Å². The first-order chi connectivity index (χ1) is 13.9. The fourth-order valence-electron chi connectivity index (χ4n) is 3.08. The molecule has 1 heterocycles. The molecule has 7 nitrogen and oxygen atoms in total. The Hall–Kier alpha value is -3.74. The summed E-state index contributed by atoms with van der Waals surface area (Å²) in [4.78, 5) is 40.6.